The smallest absolute Gasteiger partial charge is 0.333 e. The van der Waals surface area contributed by atoms with E-state index < -0.39 is 11.9 Å². The first-order valence-electron chi connectivity index (χ1n) is 8.76. The van der Waals surface area contributed by atoms with Gasteiger partial charge in [-0.15, -0.1) is 0 Å². The lowest BCUT2D eigenvalue weighted by molar-refractivity contribution is -0.150. The van der Waals surface area contributed by atoms with E-state index in [4.69, 9.17) is 9.47 Å². The molecule has 0 saturated carbocycles. The lowest BCUT2D eigenvalue weighted by Crippen LogP contribution is -2.46. The van der Waals surface area contributed by atoms with Gasteiger partial charge in [0, 0.05) is 43.0 Å². The zero-order chi connectivity index (χ0) is 19.4. The van der Waals surface area contributed by atoms with Crippen LogP contribution < -0.4 is 0 Å². The van der Waals surface area contributed by atoms with Crippen LogP contribution in [-0.2, 0) is 28.6 Å². The third-order valence-corrected chi connectivity index (χ3v) is 4.87. The number of hydrogen-bond donors (Lipinski definition) is 0. The number of piperidine rings is 1. The second-order valence-electron chi connectivity index (χ2n) is 7.17. The number of hydrogen-bond acceptors (Lipinski definition) is 7. The molecule has 2 saturated heterocycles. The molecule has 0 radical (unpaired) electrons. The number of fused-ring (bicyclic) bond motifs is 2. The number of allylic oxidation sites excluding steroid dienone is 1. The van der Waals surface area contributed by atoms with Crippen molar-refractivity contribution in [3.8, 4) is 0 Å². The van der Waals surface area contributed by atoms with Gasteiger partial charge in [0.1, 0.15) is 12.2 Å². The summed E-state index contributed by atoms with van der Waals surface area (Å²) >= 11 is 0. The summed E-state index contributed by atoms with van der Waals surface area (Å²) in [6.07, 6.45) is 4.18. The maximum absolute atomic E-state index is 12.0. The van der Waals surface area contributed by atoms with Gasteiger partial charge in [0.2, 0.25) is 0 Å². The molecule has 144 valence electrons. The van der Waals surface area contributed by atoms with Gasteiger partial charge in [0.25, 0.3) is 0 Å². The van der Waals surface area contributed by atoms with E-state index in [-0.39, 0.29) is 35.8 Å². The van der Waals surface area contributed by atoms with Crippen LogP contribution in [0.1, 0.15) is 40.0 Å². The van der Waals surface area contributed by atoms with Crippen LogP contribution in [0.2, 0.25) is 0 Å². The second-order valence-corrected chi connectivity index (χ2v) is 7.17. The minimum atomic E-state index is -0.559. The third-order valence-electron chi connectivity index (χ3n) is 4.87. The Morgan fingerprint density at radius 3 is 2.23 bits per heavy atom. The van der Waals surface area contributed by atoms with Crippen molar-refractivity contribution in [1.29, 1.82) is 0 Å². The molecule has 0 aromatic rings. The molecule has 0 N–H and O–H groups in total. The SMILES string of the molecule is COC(=O)/C(C)=C/C(=O)O[C@@H]1C[C@@H]2C[C@@H](OC(=O)C=C(C)C)[C@H](C1)N2C. The van der Waals surface area contributed by atoms with Crippen molar-refractivity contribution in [2.24, 2.45) is 0 Å². The van der Waals surface area contributed by atoms with E-state index in [1.807, 2.05) is 20.9 Å². The topological polar surface area (TPSA) is 82.1 Å². The molecule has 2 fully saturated rings. The molecule has 0 aromatic carbocycles. The molecule has 7 heteroatoms. The molecule has 7 nitrogen and oxygen atoms in total. The van der Waals surface area contributed by atoms with Gasteiger partial charge >= 0.3 is 17.9 Å². The number of carbonyl (C=O) groups is 3. The van der Waals surface area contributed by atoms with Crippen molar-refractivity contribution in [2.45, 2.75) is 64.3 Å². The fourth-order valence-corrected chi connectivity index (χ4v) is 3.61. The Hall–Kier alpha value is -2.15. The van der Waals surface area contributed by atoms with Crippen molar-refractivity contribution >= 4 is 17.9 Å². The Kier molecular flexibility index (Phi) is 6.58. The maximum Gasteiger partial charge on any atom is 0.333 e. The molecule has 0 unspecified atom stereocenters. The second kappa shape index (κ2) is 8.49. The third kappa shape index (κ3) is 4.94. The minimum Gasteiger partial charge on any atom is -0.466 e. The van der Waals surface area contributed by atoms with Gasteiger partial charge in [-0.05, 0) is 27.8 Å². The lowest BCUT2D eigenvalue weighted by Gasteiger charge is -2.36. The highest BCUT2D eigenvalue weighted by Gasteiger charge is 2.47. The Balaban J connectivity index is 1.96. The van der Waals surface area contributed by atoms with Crippen LogP contribution in [0.5, 0.6) is 0 Å². The first-order chi connectivity index (χ1) is 12.2. The highest BCUT2D eigenvalue weighted by molar-refractivity contribution is 5.95. The van der Waals surface area contributed by atoms with Crippen LogP contribution in [0.15, 0.2) is 23.3 Å². The van der Waals surface area contributed by atoms with Gasteiger partial charge < -0.3 is 14.2 Å². The number of nitrogens with zero attached hydrogens (tertiary/aromatic N) is 1. The van der Waals surface area contributed by atoms with Gasteiger partial charge in [-0.25, -0.2) is 14.4 Å². The normalized spacial score (nSPS) is 28.3. The van der Waals surface area contributed by atoms with Gasteiger partial charge in [0.15, 0.2) is 0 Å². The molecule has 4 atom stereocenters. The van der Waals surface area contributed by atoms with Gasteiger partial charge in [-0.2, -0.15) is 0 Å². The molecule has 2 rings (SSSR count). The van der Waals surface area contributed by atoms with E-state index in [0.717, 1.165) is 18.1 Å². The van der Waals surface area contributed by atoms with E-state index >= 15 is 0 Å². The number of carbonyl (C=O) groups excluding carboxylic acids is 3. The quantitative estimate of drug-likeness (QED) is 0.417. The van der Waals surface area contributed by atoms with E-state index in [1.165, 1.54) is 20.1 Å². The molecular weight excluding hydrogens is 338 g/mol. The summed E-state index contributed by atoms with van der Waals surface area (Å²) in [4.78, 5) is 37.5. The van der Waals surface area contributed by atoms with Crippen LogP contribution >= 0.6 is 0 Å². The number of likely N-dealkylation sites (N-methyl/N-ethyl adjacent to an activating group) is 1. The molecule has 0 amide bonds. The van der Waals surface area contributed by atoms with Crippen LogP contribution in [0.3, 0.4) is 0 Å². The number of rotatable bonds is 5. The monoisotopic (exact) mass is 365 g/mol. The maximum atomic E-state index is 12.0. The molecule has 2 bridgehead atoms. The van der Waals surface area contributed by atoms with E-state index in [0.29, 0.717) is 12.8 Å². The molecule has 0 spiro atoms. The first kappa shape index (κ1) is 20.2. The predicted octanol–water partition coefficient (Wildman–Crippen LogP) is 1.76. The van der Waals surface area contributed by atoms with Crippen molar-refractivity contribution in [3.05, 3.63) is 23.3 Å². The van der Waals surface area contributed by atoms with Crippen LogP contribution in [0, 0.1) is 0 Å². The Labute approximate surface area is 154 Å². The highest BCUT2D eigenvalue weighted by Crippen LogP contribution is 2.37. The Bertz CT molecular complexity index is 634. The zero-order valence-corrected chi connectivity index (χ0v) is 16.0. The minimum absolute atomic E-state index is 0.0201. The molecule has 2 aliphatic rings. The number of ether oxygens (including phenoxy) is 3. The summed E-state index contributed by atoms with van der Waals surface area (Å²) in [5.41, 5.74) is 1.09. The summed E-state index contributed by atoms with van der Waals surface area (Å²) in [5.74, 6) is -1.45. The lowest BCUT2D eigenvalue weighted by atomic mass is 10.0. The van der Waals surface area contributed by atoms with Gasteiger partial charge in [0.05, 0.1) is 13.2 Å². The summed E-state index contributed by atoms with van der Waals surface area (Å²) in [6, 6.07) is 0.216. The first-order valence-corrected chi connectivity index (χ1v) is 8.76. The highest BCUT2D eigenvalue weighted by atomic mass is 16.6. The Morgan fingerprint density at radius 2 is 1.62 bits per heavy atom. The molecular formula is C19H27NO6. The summed E-state index contributed by atoms with van der Waals surface area (Å²) in [6.45, 7) is 5.20. The van der Waals surface area contributed by atoms with Gasteiger partial charge in [-0.1, -0.05) is 5.57 Å². The standard InChI is InChI=1S/C19H27NO6/c1-11(2)6-17(21)26-16-9-13-8-14(10-15(16)20(13)4)25-18(22)7-12(3)19(23)24-5/h6-7,13-16H,8-10H2,1-5H3/b12-7+/t13-,14-,15+,16-/m1/s1. The molecule has 2 heterocycles. The summed E-state index contributed by atoms with van der Waals surface area (Å²) < 4.78 is 15.7. The van der Waals surface area contributed by atoms with Crippen LogP contribution in [0.25, 0.3) is 0 Å². The molecule has 2 aliphatic heterocycles. The molecule has 26 heavy (non-hydrogen) atoms. The van der Waals surface area contributed by atoms with E-state index in [2.05, 4.69) is 9.64 Å². The fraction of sp³-hybridized carbons (Fsp3) is 0.632. The van der Waals surface area contributed by atoms with Crippen molar-refractivity contribution in [2.75, 3.05) is 14.2 Å². The summed E-state index contributed by atoms with van der Waals surface area (Å²) in [7, 11) is 3.26. The van der Waals surface area contributed by atoms with Crippen LogP contribution in [-0.4, -0.2) is 61.3 Å². The van der Waals surface area contributed by atoms with Crippen molar-refractivity contribution in [1.82, 2.24) is 4.90 Å². The van der Waals surface area contributed by atoms with E-state index in [9.17, 15) is 14.4 Å². The number of esters is 3. The Morgan fingerprint density at radius 1 is 0.962 bits per heavy atom. The van der Waals surface area contributed by atoms with Gasteiger partial charge in [-0.3, -0.25) is 4.90 Å². The number of methoxy groups -OCH3 is 1. The largest absolute Gasteiger partial charge is 0.466 e. The van der Waals surface area contributed by atoms with E-state index in [1.54, 1.807) is 0 Å². The summed E-state index contributed by atoms with van der Waals surface area (Å²) in [5, 5.41) is 0. The van der Waals surface area contributed by atoms with Crippen LogP contribution in [0.4, 0.5) is 0 Å². The average molecular weight is 365 g/mol. The molecule has 0 aromatic heterocycles. The predicted molar refractivity (Wildman–Crippen MR) is 94.2 cm³/mol. The van der Waals surface area contributed by atoms with Crippen molar-refractivity contribution < 1.29 is 28.6 Å². The average Bonchev–Trinajstić information content (AvgIpc) is 2.71. The van der Waals surface area contributed by atoms with Crippen molar-refractivity contribution in [3.63, 3.8) is 0 Å². The zero-order valence-electron chi connectivity index (χ0n) is 16.0. The fourth-order valence-electron chi connectivity index (χ4n) is 3.61. The molecule has 0 aliphatic carbocycles.